The van der Waals surface area contributed by atoms with E-state index >= 15 is 0 Å². The van der Waals surface area contributed by atoms with E-state index in [0.717, 1.165) is 31.6 Å². The van der Waals surface area contributed by atoms with Gasteiger partial charge < -0.3 is 10.2 Å². The molecular formula is C20H23Cl2N3O4S. The summed E-state index contributed by atoms with van der Waals surface area (Å²) in [6.07, 6.45) is 3.35. The molecule has 1 amide bonds. The lowest BCUT2D eigenvalue weighted by atomic mass is 10.1. The molecule has 0 aromatic heterocycles. The van der Waals surface area contributed by atoms with Crippen LogP contribution in [0.4, 0.5) is 11.4 Å². The summed E-state index contributed by atoms with van der Waals surface area (Å²) in [6.45, 7) is 1.80. The number of anilines is 2. The average Bonchev–Trinajstić information content (AvgIpc) is 2.74. The molecule has 30 heavy (non-hydrogen) atoms. The highest BCUT2D eigenvalue weighted by Crippen LogP contribution is 2.32. The number of nitrogens with zero attached hydrogens (tertiary/aromatic N) is 2. The van der Waals surface area contributed by atoms with E-state index in [1.54, 1.807) is 12.1 Å². The van der Waals surface area contributed by atoms with E-state index in [1.165, 1.54) is 38.8 Å². The van der Waals surface area contributed by atoms with Gasteiger partial charge in [0.15, 0.2) is 0 Å². The van der Waals surface area contributed by atoms with E-state index in [1.807, 2.05) is 6.07 Å². The van der Waals surface area contributed by atoms with E-state index in [0.29, 0.717) is 15.2 Å². The van der Waals surface area contributed by atoms with Crippen molar-refractivity contribution < 1.29 is 18.0 Å². The molecule has 1 aliphatic heterocycles. The molecular weight excluding hydrogens is 449 g/mol. The number of carbonyl (C=O) groups excluding carboxylic acids is 1. The van der Waals surface area contributed by atoms with Gasteiger partial charge in [-0.15, -0.1) is 0 Å². The molecule has 7 nitrogen and oxygen atoms in total. The minimum atomic E-state index is -4.01. The summed E-state index contributed by atoms with van der Waals surface area (Å²) in [5.41, 5.74) is 1.60. The molecule has 0 aliphatic carbocycles. The van der Waals surface area contributed by atoms with E-state index in [-0.39, 0.29) is 15.5 Å². The molecule has 1 heterocycles. The number of rotatable bonds is 6. The molecule has 10 heteroatoms. The Balaban J connectivity index is 1.92. The number of hydrogen-bond donors (Lipinski definition) is 1. The first kappa shape index (κ1) is 22.8. The van der Waals surface area contributed by atoms with Crippen LogP contribution < -0.4 is 10.2 Å². The van der Waals surface area contributed by atoms with Crippen LogP contribution in [-0.2, 0) is 14.9 Å². The van der Waals surface area contributed by atoms with Crippen molar-refractivity contribution in [1.29, 1.82) is 0 Å². The molecule has 1 aliphatic rings. The molecule has 2 aromatic rings. The van der Waals surface area contributed by atoms with E-state index in [4.69, 9.17) is 28.0 Å². The van der Waals surface area contributed by atoms with Gasteiger partial charge in [0.25, 0.3) is 15.9 Å². The van der Waals surface area contributed by atoms with Gasteiger partial charge in [-0.1, -0.05) is 27.7 Å². The highest BCUT2D eigenvalue weighted by atomic mass is 35.5. The Morgan fingerprint density at radius 1 is 1.10 bits per heavy atom. The number of carbonyl (C=O) groups is 1. The van der Waals surface area contributed by atoms with Gasteiger partial charge in [0.05, 0.1) is 23.5 Å². The van der Waals surface area contributed by atoms with Crippen LogP contribution in [0.1, 0.15) is 29.6 Å². The maximum atomic E-state index is 12.9. The fourth-order valence-electron chi connectivity index (χ4n) is 3.29. The number of halogens is 2. The summed E-state index contributed by atoms with van der Waals surface area (Å²) < 4.78 is 25.8. The first-order chi connectivity index (χ1) is 14.2. The van der Waals surface area contributed by atoms with Crippen molar-refractivity contribution in [3.05, 3.63) is 52.0 Å². The second kappa shape index (κ2) is 9.53. The summed E-state index contributed by atoms with van der Waals surface area (Å²) in [7, 11) is -1.54. The molecule has 1 N–H and O–H groups in total. The second-order valence-electron chi connectivity index (χ2n) is 6.91. The average molecular weight is 472 g/mol. The van der Waals surface area contributed by atoms with Crippen LogP contribution in [0, 0.1) is 0 Å². The third-order valence-electron chi connectivity index (χ3n) is 4.97. The largest absolute Gasteiger partial charge is 0.370 e. The Morgan fingerprint density at radius 2 is 1.80 bits per heavy atom. The predicted octanol–water partition coefficient (Wildman–Crippen LogP) is 4.42. The molecule has 162 valence electrons. The standard InChI is InChI=1S/C20H23Cl2N3O4S/c1-24(29-2)30(27,28)19-12-14(6-8-16(19)22)20(26)23-17-13-15(21)7-9-18(17)25-10-4-3-5-11-25/h6-9,12-13H,3-5,10-11H2,1-2H3,(H,23,26). The molecule has 0 spiro atoms. The number of hydroxylamine groups is 1. The lowest BCUT2D eigenvalue weighted by Crippen LogP contribution is -2.30. The zero-order valence-corrected chi connectivity index (χ0v) is 19.0. The molecule has 1 saturated heterocycles. The lowest BCUT2D eigenvalue weighted by molar-refractivity contribution is -0.0258. The van der Waals surface area contributed by atoms with Crippen molar-refractivity contribution in [3.63, 3.8) is 0 Å². The Hall–Kier alpha value is -1.84. The smallest absolute Gasteiger partial charge is 0.266 e. The quantitative estimate of drug-likeness (QED) is 0.630. The van der Waals surface area contributed by atoms with Gasteiger partial charge in [0.1, 0.15) is 4.90 Å². The van der Waals surface area contributed by atoms with Crippen molar-refractivity contribution in [1.82, 2.24) is 4.47 Å². The van der Waals surface area contributed by atoms with Gasteiger partial charge in [-0.05, 0) is 55.7 Å². The fraction of sp³-hybridized carbons (Fsp3) is 0.350. The minimum absolute atomic E-state index is 0.00721. The van der Waals surface area contributed by atoms with Crippen molar-refractivity contribution >= 4 is 50.5 Å². The molecule has 0 unspecified atom stereocenters. The normalized spacial score (nSPS) is 14.8. The molecule has 0 atom stereocenters. The summed E-state index contributed by atoms with van der Waals surface area (Å²) in [5, 5.41) is 3.34. The van der Waals surface area contributed by atoms with E-state index < -0.39 is 15.9 Å². The lowest BCUT2D eigenvalue weighted by Gasteiger charge is -2.30. The summed E-state index contributed by atoms with van der Waals surface area (Å²) >= 11 is 12.2. The number of benzene rings is 2. The maximum Gasteiger partial charge on any atom is 0.266 e. The van der Waals surface area contributed by atoms with Gasteiger partial charge in [0.2, 0.25) is 0 Å². The van der Waals surface area contributed by atoms with Crippen molar-refractivity contribution in [2.45, 2.75) is 24.2 Å². The van der Waals surface area contributed by atoms with Crippen LogP contribution in [0.2, 0.25) is 10.0 Å². The monoisotopic (exact) mass is 471 g/mol. The van der Waals surface area contributed by atoms with E-state index in [2.05, 4.69) is 10.2 Å². The van der Waals surface area contributed by atoms with Crippen LogP contribution >= 0.6 is 23.2 Å². The fourth-order valence-corrected chi connectivity index (χ4v) is 4.94. The van der Waals surface area contributed by atoms with Crippen LogP contribution in [0.15, 0.2) is 41.3 Å². The number of hydrogen-bond acceptors (Lipinski definition) is 5. The Morgan fingerprint density at radius 3 is 2.47 bits per heavy atom. The zero-order valence-electron chi connectivity index (χ0n) is 16.7. The highest BCUT2D eigenvalue weighted by molar-refractivity contribution is 7.89. The summed E-state index contributed by atoms with van der Waals surface area (Å²) in [4.78, 5) is 19.7. The minimum Gasteiger partial charge on any atom is -0.370 e. The zero-order chi connectivity index (χ0) is 21.9. The van der Waals surface area contributed by atoms with Crippen LogP contribution in [0.25, 0.3) is 0 Å². The SMILES string of the molecule is CON(C)S(=O)(=O)c1cc(C(=O)Nc2cc(Cl)ccc2N2CCCCC2)ccc1Cl. The van der Waals surface area contributed by atoms with Crippen molar-refractivity contribution in [2.24, 2.45) is 0 Å². The molecule has 0 saturated carbocycles. The van der Waals surface area contributed by atoms with Gasteiger partial charge in [-0.2, -0.15) is 0 Å². The van der Waals surface area contributed by atoms with Gasteiger partial charge in [0, 0.05) is 30.7 Å². The first-order valence-corrected chi connectivity index (χ1v) is 11.6. The van der Waals surface area contributed by atoms with Crippen LogP contribution in [-0.4, -0.2) is 46.0 Å². The van der Waals surface area contributed by atoms with E-state index in [9.17, 15) is 13.2 Å². The van der Waals surface area contributed by atoms with Gasteiger partial charge >= 0.3 is 0 Å². The molecule has 0 radical (unpaired) electrons. The Bertz CT molecular complexity index is 1040. The third kappa shape index (κ3) is 4.90. The van der Waals surface area contributed by atoms with Gasteiger partial charge in [-0.25, -0.2) is 8.42 Å². The van der Waals surface area contributed by atoms with Crippen LogP contribution in [0.5, 0.6) is 0 Å². The van der Waals surface area contributed by atoms with Crippen LogP contribution in [0.3, 0.4) is 0 Å². The molecule has 3 rings (SSSR count). The highest BCUT2D eigenvalue weighted by Gasteiger charge is 2.25. The van der Waals surface area contributed by atoms with Crippen molar-refractivity contribution in [2.75, 3.05) is 37.5 Å². The molecule has 2 aromatic carbocycles. The Labute approximate surface area is 186 Å². The van der Waals surface area contributed by atoms with Gasteiger partial charge in [-0.3, -0.25) is 9.63 Å². The second-order valence-corrected chi connectivity index (χ2v) is 9.65. The first-order valence-electron chi connectivity index (χ1n) is 9.42. The van der Waals surface area contributed by atoms with Crippen molar-refractivity contribution in [3.8, 4) is 0 Å². The maximum absolute atomic E-state index is 12.9. The molecule has 0 bridgehead atoms. The third-order valence-corrected chi connectivity index (χ3v) is 7.37. The number of sulfonamides is 1. The molecule has 1 fully saturated rings. The number of piperidine rings is 1. The summed E-state index contributed by atoms with van der Waals surface area (Å²) in [5.74, 6) is -0.469. The number of amides is 1. The predicted molar refractivity (Wildman–Crippen MR) is 119 cm³/mol. The number of nitrogens with one attached hydrogen (secondary N) is 1. The topological polar surface area (TPSA) is 78.9 Å². The Kier molecular flexibility index (Phi) is 7.26. The summed E-state index contributed by atoms with van der Waals surface area (Å²) in [6, 6.07) is 9.43.